The summed E-state index contributed by atoms with van der Waals surface area (Å²) < 4.78 is 10.8. The van der Waals surface area contributed by atoms with Gasteiger partial charge in [0.25, 0.3) is 0 Å². The van der Waals surface area contributed by atoms with Gasteiger partial charge in [0.05, 0.1) is 26.4 Å². The molecule has 2 fully saturated rings. The summed E-state index contributed by atoms with van der Waals surface area (Å²) in [4.78, 5) is 0. The Hall–Kier alpha value is -0.120. The molecule has 0 radical (unpaired) electrons. The summed E-state index contributed by atoms with van der Waals surface area (Å²) in [7, 11) is 0. The van der Waals surface area contributed by atoms with Gasteiger partial charge in [-0.1, -0.05) is 13.3 Å². The van der Waals surface area contributed by atoms with E-state index in [2.05, 4.69) is 12.2 Å². The lowest BCUT2D eigenvalue weighted by molar-refractivity contribution is -0.130. The van der Waals surface area contributed by atoms with E-state index in [-0.39, 0.29) is 0 Å². The van der Waals surface area contributed by atoms with Crippen LogP contribution in [0.1, 0.15) is 26.2 Å². The van der Waals surface area contributed by atoms with Crippen LogP contribution in [-0.4, -0.2) is 39.0 Å². The molecule has 2 saturated heterocycles. The van der Waals surface area contributed by atoms with Crippen LogP contribution in [0, 0.1) is 5.41 Å². The summed E-state index contributed by atoms with van der Waals surface area (Å²) in [6.45, 7) is 6.93. The molecule has 0 aliphatic carbocycles. The van der Waals surface area contributed by atoms with Gasteiger partial charge >= 0.3 is 0 Å². The van der Waals surface area contributed by atoms with Gasteiger partial charge < -0.3 is 14.8 Å². The van der Waals surface area contributed by atoms with Crippen LogP contribution in [0.15, 0.2) is 0 Å². The Kier molecular flexibility index (Phi) is 3.42. The van der Waals surface area contributed by atoms with Gasteiger partial charge in [-0.25, -0.2) is 0 Å². The molecule has 3 nitrogen and oxygen atoms in total. The van der Waals surface area contributed by atoms with Gasteiger partial charge in [-0.2, -0.15) is 0 Å². The molecule has 0 spiro atoms. The second-order valence-electron chi connectivity index (χ2n) is 4.67. The standard InChI is InChI=1S/C11H21NO2/c1-2-3-11(8-14-9-11)6-10-7-13-5-4-12-10/h10,12H,2-9H2,1H3. The Bertz CT molecular complexity index is 174. The highest BCUT2D eigenvalue weighted by Gasteiger charge is 2.39. The minimum atomic E-state index is 0.465. The van der Waals surface area contributed by atoms with E-state index in [4.69, 9.17) is 9.47 Å². The van der Waals surface area contributed by atoms with Crippen molar-refractivity contribution < 1.29 is 9.47 Å². The van der Waals surface area contributed by atoms with Crippen LogP contribution >= 0.6 is 0 Å². The van der Waals surface area contributed by atoms with Crippen molar-refractivity contribution in [2.45, 2.75) is 32.2 Å². The zero-order valence-electron chi connectivity index (χ0n) is 9.05. The molecule has 2 rings (SSSR count). The minimum absolute atomic E-state index is 0.465. The van der Waals surface area contributed by atoms with Crippen LogP contribution in [0.5, 0.6) is 0 Å². The molecule has 1 atom stereocenters. The smallest absolute Gasteiger partial charge is 0.0620 e. The molecule has 14 heavy (non-hydrogen) atoms. The van der Waals surface area contributed by atoms with Gasteiger partial charge in [0.2, 0.25) is 0 Å². The Morgan fingerprint density at radius 1 is 1.36 bits per heavy atom. The predicted octanol–water partition coefficient (Wildman–Crippen LogP) is 1.18. The largest absolute Gasteiger partial charge is 0.380 e. The van der Waals surface area contributed by atoms with E-state index in [1.54, 1.807) is 0 Å². The van der Waals surface area contributed by atoms with E-state index in [0.29, 0.717) is 11.5 Å². The fourth-order valence-corrected chi connectivity index (χ4v) is 2.56. The zero-order valence-corrected chi connectivity index (χ0v) is 9.05. The molecule has 0 bridgehead atoms. The Balaban J connectivity index is 1.80. The maximum absolute atomic E-state index is 5.47. The second kappa shape index (κ2) is 4.60. The normalized spacial score (nSPS) is 31.1. The van der Waals surface area contributed by atoms with Crippen molar-refractivity contribution in [3.8, 4) is 0 Å². The van der Waals surface area contributed by atoms with Gasteiger partial charge in [0.1, 0.15) is 0 Å². The highest BCUT2D eigenvalue weighted by molar-refractivity contribution is 4.90. The quantitative estimate of drug-likeness (QED) is 0.737. The highest BCUT2D eigenvalue weighted by atomic mass is 16.5. The van der Waals surface area contributed by atoms with Crippen molar-refractivity contribution in [1.29, 1.82) is 0 Å². The van der Waals surface area contributed by atoms with Crippen LogP contribution in [0.25, 0.3) is 0 Å². The van der Waals surface area contributed by atoms with Crippen LogP contribution in [0.4, 0.5) is 0 Å². The van der Waals surface area contributed by atoms with E-state index in [9.17, 15) is 0 Å². The first-order valence-corrected chi connectivity index (χ1v) is 5.73. The molecule has 2 aliphatic rings. The summed E-state index contributed by atoms with van der Waals surface area (Å²) >= 11 is 0. The van der Waals surface area contributed by atoms with Crippen LogP contribution in [0.3, 0.4) is 0 Å². The average molecular weight is 199 g/mol. The second-order valence-corrected chi connectivity index (χ2v) is 4.67. The summed E-state index contributed by atoms with van der Waals surface area (Å²) in [5, 5.41) is 3.52. The average Bonchev–Trinajstić information content (AvgIpc) is 2.16. The summed E-state index contributed by atoms with van der Waals surface area (Å²) in [6.07, 6.45) is 3.78. The molecule has 0 amide bonds. The molecular formula is C11H21NO2. The molecule has 1 unspecified atom stereocenters. The van der Waals surface area contributed by atoms with E-state index < -0.39 is 0 Å². The Morgan fingerprint density at radius 3 is 2.71 bits per heavy atom. The van der Waals surface area contributed by atoms with E-state index in [0.717, 1.165) is 33.0 Å². The SMILES string of the molecule is CCCC1(CC2COCCN2)COC1. The zero-order chi connectivity index (χ0) is 9.86. The predicted molar refractivity (Wildman–Crippen MR) is 55.4 cm³/mol. The van der Waals surface area contributed by atoms with Crippen molar-refractivity contribution in [1.82, 2.24) is 5.32 Å². The Labute approximate surface area is 86.2 Å². The summed E-state index contributed by atoms with van der Waals surface area (Å²) in [6, 6.07) is 0.555. The van der Waals surface area contributed by atoms with Crippen LogP contribution < -0.4 is 5.32 Å². The monoisotopic (exact) mass is 199 g/mol. The molecule has 3 heteroatoms. The maximum atomic E-state index is 5.47. The van der Waals surface area contributed by atoms with Gasteiger partial charge in [-0.05, 0) is 12.8 Å². The van der Waals surface area contributed by atoms with Crippen LogP contribution in [0.2, 0.25) is 0 Å². The molecule has 1 N–H and O–H groups in total. The van der Waals surface area contributed by atoms with Gasteiger partial charge in [0, 0.05) is 18.0 Å². The summed E-state index contributed by atoms with van der Waals surface area (Å²) in [5.41, 5.74) is 0.465. The third-order valence-corrected chi connectivity index (χ3v) is 3.27. The first-order valence-electron chi connectivity index (χ1n) is 5.73. The molecule has 0 aromatic rings. The van der Waals surface area contributed by atoms with Crippen molar-refractivity contribution >= 4 is 0 Å². The van der Waals surface area contributed by atoms with Crippen molar-refractivity contribution in [3.05, 3.63) is 0 Å². The van der Waals surface area contributed by atoms with Crippen LogP contribution in [-0.2, 0) is 9.47 Å². The lowest BCUT2D eigenvalue weighted by Gasteiger charge is -2.44. The first kappa shape index (κ1) is 10.4. The Morgan fingerprint density at radius 2 is 2.21 bits per heavy atom. The number of morpholine rings is 1. The number of ether oxygens (including phenoxy) is 2. The molecule has 0 saturated carbocycles. The third-order valence-electron chi connectivity index (χ3n) is 3.27. The molecule has 2 heterocycles. The molecule has 0 aromatic carbocycles. The fourth-order valence-electron chi connectivity index (χ4n) is 2.56. The fraction of sp³-hybridized carbons (Fsp3) is 1.00. The van der Waals surface area contributed by atoms with E-state index >= 15 is 0 Å². The molecule has 82 valence electrons. The number of rotatable bonds is 4. The number of hydrogen-bond donors (Lipinski definition) is 1. The minimum Gasteiger partial charge on any atom is -0.380 e. The van der Waals surface area contributed by atoms with Crippen molar-refractivity contribution in [3.63, 3.8) is 0 Å². The van der Waals surface area contributed by atoms with Gasteiger partial charge in [-0.3, -0.25) is 0 Å². The molecular weight excluding hydrogens is 178 g/mol. The molecule has 0 aromatic heterocycles. The van der Waals surface area contributed by atoms with Gasteiger partial charge in [-0.15, -0.1) is 0 Å². The van der Waals surface area contributed by atoms with Crippen molar-refractivity contribution in [2.24, 2.45) is 5.41 Å². The highest BCUT2D eigenvalue weighted by Crippen LogP contribution is 2.37. The lowest BCUT2D eigenvalue weighted by atomic mass is 9.76. The first-order chi connectivity index (χ1) is 6.85. The number of nitrogens with one attached hydrogen (secondary N) is 1. The molecule has 2 aliphatic heterocycles. The topological polar surface area (TPSA) is 30.5 Å². The maximum Gasteiger partial charge on any atom is 0.0620 e. The number of hydrogen-bond acceptors (Lipinski definition) is 3. The van der Waals surface area contributed by atoms with Crippen molar-refractivity contribution in [2.75, 3.05) is 33.0 Å². The summed E-state index contributed by atoms with van der Waals surface area (Å²) in [5.74, 6) is 0. The lowest BCUT2D eigenvalue weighted by Crippen LogP contribution is -2.51. The van der Waals surface area contributed by atoms with Gasteiger partial charge in [0.15, 0.2) is 0 Å². The van der Waals surface area contributed by atoms with E-state index in [1.165, 1.54) is 19.3 Å². The third kappa shape index (κ3) is 2.27. The van der Waals surface area contributed by atoms with E-state index in [1.807, 2.05) is 0 Å².